The van der Waals surface area contributed by atoms with Gasteiger partial charge in [-0.3, -0.25) is 0 Å². The van der Waals surface area contributed by atoms with Crippen molar-refractivity contribution in [3.05, 3.63) is 103 Å². The summed E-state index contributed by atoms with van der Waals surface area (Å²) in [5, 5.41) is 4.12. The zero-order valence-corrected chi connectivity index (χ0v) is 16.9. The molecule has 3 aromatic carbocycles. The van der Waals surface area contributed by atoms with Crippen molar-refractivity contribution < 1.29 is 17.1 Å². The molecular weight excluding hydrogens is 371 g/mol. The van der Waals surface area contributed by atoms with E-state index in [4.69, 9.17) is 4.74 Å². The molecule has 1 saturated heterocycles. The minimum Gasteiger partial charge on any atom is -1.00 e. The van der Waals surface area contributed by atoms with Gasteiger partial charge >= 0.3 is 0 Å². The average molecular weight is 395 g/mol. The molecule has 0 N–H and O–H groups in total. The molecular formula is C24H24ClOP. The van der Waals surface area contributed by atoms with Crippen LogP contribution in [0, 0.1) is 0 Å². The largest absolute Gasteiger partial charge is 1.00 e. The Bertz CT molecular complexity index is 758. The lowest BCUT2D eigenvalue weighted by Gasteiger charge is -2.26. The van der Waals surface area contributed by atoms with E-state index in [9.17, 15) is 0 Å². The Morgan fingerprint density at radius 2 is 1.07 bits per heavy atom. The Kier molecular flexibility index (Phi) is 6.72. The minimum atomic E-state index is -1.91. The van der Waals surface area contributed by atoms with E-state index in [0.717, 1.165) is 25.2 Å². The van der Waals surface area contributed by atoms with Crippen LogP contribution in [0.2, 0.25) is 0 Å². The maximum Gasteiger partial charge on any atom is 0.140 e. The van der Waals surface area contributed by atoms with E-state index in [1.807, 2.05) is 0 Å². The number of ether oxygens (including phenoxy) is 1. The highest BCUT2D eigenvalue weighted by atomic mass is 35.5. The molecule has 4 rings (SSSR count). The van der Waals surface area contributed by atoms with Gasteiger partial charge in [0.25, 0.3) is 0 Å². The lowest BCUT2D eigenvalue weighted by atomic mass is 10.2. The third-order valence-corrected chi connectivity index (χ3v) is 8.95. The number of hydrogen-bond donors (Lipinski definition) is 0. The van der Waals surface area contributed by atoms with Gasteiger partial charge in [-0.1, -0.05) is 54.6 Å². The van der Waals surface area contributed by atoms with Crippen LogP contribution in [-0.4, -0.2) is 6.61 Å². The Labute approximate surface area is 168 Å². The summed E-state index contributed by atoms with van der Waals surface area (Å²) in [7, 11) is -1.91. The average Bonchev–Trinajstić information content (AvgIpc) is 2.75. The Hall–Kier alpha value is -2.08. The third-order valence-electron chi connectivity index (χ3n) is 4.93. The molecule has 0 amide bonds. The predicted octanol–water partition coefficient (Wildman–Crippen LogP) is 2.03. The van der Waals surface area contributed by atoms with Gasteiger partial charge in [0, 0.05) is 6.42 Å². The predicted molar refractivity (Wildman–Crippen MR) is 113 cm³/mol. The molecule has 0 spiro atoms. The van der Waals surface area contributed by atoms with Crippen molar-refractivity contribution in [2.24, 2.45) is 0 Å². The van der Waals surface area contributed by atoms with Crippen molar-refractivity contribution >= 4 is 23.2 Å². The molecule has 1 nitrogen and oxygen atoms in total. The first-order valence-corrected chi connectivity index (χ1v) is 11.2. The molecule has 1 heterocycles. The lowest BCUT2D eigenvalue weighted by Crippen LogP contribution is -3.00. The summed E-state index contributed by atoms with van der Waals surface area (Å²) >= 11 is 0. The van der Waals surface area contributed by atoms with E-state index in [0.29, 0.717) is 0 Å². The highest BCUT2D eigenvalue weighted by molar-refractivity contribution is 7.98. The molecule has 0 aromatic heterocycles. The number of benzene rings is 3. The van der Waals surface area contributed by atoms with Gasteiger partial charge in [-0.2, -0.15) is 0 Å². The Morgan fingerprint density at radius 3 is 1.44 bits per heavy atom. The SMILES string of the molecule is C(=C1CCCCO1)[P+](c1ccccc1)(c1ccccc1)c1ccccc1.[Cl-]. The van der Waals surface area contributed by atoms with Crippen LogP contribution in [0.1, 0.15) is 19.3 Å². The number of hydrogen-bond acceptors (Lipinski definition) is 1. The molecule has 0 radical (unpaired) electrons. The van der Waals surface area contributed by atoms with E-state index in [2.05, 4.69) is 96.8 Å². The molecule has 1 aliphatic heterocycles. The highest BCUT2D eigenvalue weighted by Crippen LogP contribution is 2.58. The fourth-order valence-corrected chi connectivity index (χ4v) is 7.56. The lowest BCUT2D eigenvalue weighted by molar-refractivity contribution is -0.00000599. The molecule has 0 bridgehead atoms. The second kappa shape index (κ2) is 9.22. The molecule has 0 unspecified atom stereocenters. The zero-order chi connectivity index (χ0) is 17.7. The topological polar surface area (TPSA) is 9.23 Å². The van der Waals surface area contributed by atoms with Gasteiger partial charge in [0.15, 0.2) is 0 Å². The van der Waals surface area contributed by atoms with Crippen LogP contribution in [-0.2, 0) is 4.74 Å². The number of rotatable bonds is 4. The first-order chi connectivity index (χ1) is 12.9. The first-order valence-electron chi connectivity index (χ1n) is 9.30. The Balaban J connectivity index is 0.00000210. The van der Waals surface area contributed by atoms with Crippen LogP contribution in [0.15, 0.2) is 103 Å². The smallest absolute Gasteiger partial charge is 0.140 e. The van der Waals surface area contributed by atoms with E-state index in [1.54, 1.807) is 0 Å². The van der Waals surface area contributed by atoms with Crippen LogP contribution >= 0.6 is 7.26 Å². The van der Waals surface area contributed by atoms with Crippen molar-refractivity contribution in [3.63, 3.8) is 0 Å². The van der Waals surface area contributed by atoms with Crippen molar-refractivity contribution in [2.45, 2.75) is 19.3 Å². The van der Waals surface area contributed by atoms with Crippen molar-refractivity contribution in [2.75, 3.05) is 6.61 Å². The molecule has 0 aliphatic carbocycles. The van der Waals surface area contributed by atoms with Gasteiger partial charge in [-0.25, -0.2) is 0 Å². The van der Waals surface area contributed by atoms with Gasteiger partial charge in [-0.05, 0) is 49.2 Å². The molecule has 0 atom stereocenters. The minimum absolute atomic E-state index is 0. The summed E-state index contributed by atoms with van der Waals surface area (Å²) in [5.41, 5.74) is 0. The zero-order valence-electron chi connectivity index (χ0n) is 15.3. The standard InChI is InChI=1S/C24H24OP.ClH/c1-4-13-22(14-5-1)26(23-15-6-2-7-16-23,24-17-8-3-9-18-24)20-21-12-10-11-19-25-21;/h1-9,13-18,20H,10-12,19H2;1H/q+1;/p-1. The maximum atomic E-state index is 6.09. The highest BCUT2D eigenvalue weighted by Gasteiger charge is 2.44. The van der Waals surface area contributed by atoms with Crippen LogP contribution in [0.4, 0.5) is 0 Å². The normalized spacial score (nSPS) is 15.6. The van der Waals surface area contributed by atoms with Crippen LogP contribution in [0.3, 0.4) is 0 Å². The summed E-state index contributed by atoms with van der Waals surface area (Å²) < 4.78 is 6.09. The molecule has 1 aliphatic rings. The van der Waals surface area contributed by atoms with Crippen molar-refractivity contribution in [1.82, 2.24) is 0 Å². The summed E-state index contributed by atoms with van der Waals surface area (Å²) in [4.78, 5) is 0. The van der Waals surface area contributed by atoms with Gasteiger partial charge < -0.3 is 17.1 Å². The third kappa shape index (κ3) is 4.10. The number of halogens is 1. The van der Waals surface area contributed by atoms with E-state index in [1.165, 1.54) is 22.3 Å². The summed E-state index contributed by atoms with van der Waals surface area (Å²) in [6.45, 7) is 0.838. The quantitative estimate of drug-likeness (QED) is 0.615. The molecule has 3 aromatic rings. The second-order valence-electron chi connectivity index (χ2n) is 6.63. The van der Waals surface area contributed by atoms with Gasteiger partial charge in [-0.15, -0.1) is 0 Å². The van der Waals surface area contributed by atoms with E-state index in [-0.39, 0.29) is 12.4 Å². The van der Waals surface area contributed by atoms with Crippen LogP contribution in [0.25, 0.3) is 0 Å². The van der Waals surface area contributed by atoms with Gasteiger partial charge in [0.1, 0.15) is 34.8 Å². The molecule has 138 valence electrons. The molecule has 1 fully saturated rings. The van der Waals surface area contributed by atoms with Gasteiger partial charge in [0.05, 0.1) is 6.61 Å². The molecule has 0 saturated carbocycles. The Morgan fingerprint density at radius 1 is 0.630 bits per heavy atom. The summed E-state index contributed by atoms with van der Waals surface area (Å²) in [6.07, 6.45) is 3.41. The van der Waals surface area contributed by atoms with Crippen molar-refractivity contribution in [3.8, 4) is 0 Å². The van der Waals surface area contributed by atoms with Gasteiger partial charge in [0.2, 0.25) is 0 Å². The molecule has 3 heteroatoms. The number of allylic oxidation sites excluding steroid dienone is 1. The van der Waals surface area contributed by atoms with Crippen molar-refractivity contribution in [1.29, 1.82) is 0 Å². The maximum absolute atomic E-state index is 6.09. The summed E-state index contributed by atoms with van der Waals surface area (Å²) in [5.74, 6) is 3.62. The van der Waals surface area contributed by atoms with E-state index >= 15 is 0 Å². The monoisotopic (exact) mass is 394 g/mol. The first kappa shape index (κ1) is 19.7. The van der Waals surface area contributed by atoms with Crippen LogP contribution in [0.5, 0.6) is 0 Å². The molecule has 27 heavy (non-hydrogen) atoms. The fourth-order valence-electron chi connectivity index (χ4n) is 3.65. The summed E-state index contributed by atoms with van der Waals surface area (Å²) in [6, 6.07) is 32.8. The second-order valence-corrected chi connectivity index (χ2v) is 9.88. The van der Waals surface area contributed by atoms with Crippen LogP contribution < -0.4 is 28.3 Å². The fraction of sp³-hybridized carbons (Fsp3) is 0.167. The van der Waals surface area contributed by atoms with E-state index < -0.39 is 7.26 Å².